The average Bonchev–Trinajstić information content (AvgIpc) is 2.62. The van der Waals surface area contributed by atoms with E-state index >= 15 is 0 Å². The number of nitrogens with zero attached hydrogens (tertiary/aromatic N) is 1. The van der Waals surface area contributed by atoms with Crippen molar-refractivity contribution in [3.05, 3.63) is 29.8 Å². The lowest BCUT2D eigenvalue weighted by Crippen LogP contribution is -2.34. The molecule has 2 atom stereocenters. The Morgan fingerprint density at radius 1 is 1.38 bits per heavy atom. The van der Waals surface area contributed by atoms with Crippen LogP contribution < -0.4 is 4.74 Å². The van der Waals surface area contributed by atoms with E-state index in [9.17, 15) is 10.3 Å². The molecule has 0 bridgehead atoms. The van der Waals surface area contributed by atoms with Gasteiger partial charge in [0.2, 0.25) is 0 Å². The smallest absolute Gasteiger partial charge is 0.118 e. The normalized spacial score (nSPS) is 25.9. The summed E-state index contributed by atoms with van der Waals surface area (Å²) in [5.74, 6) is 0.816. The van der Waals surface area contributed by atoms with Gasteiger partial charge in [-0.25, -0.2) is 0 Å². The minimum Gasteiger partial charge on any atom is -0.497 e. The molecule has 0 aliphatic carbocycles. The zero-order chi connectivity index (χ0) is 11.5. The first kappa shape index (κ1) is 11.4. The third kappa shape index (κ3) is 2.35. The molecule has 1 aromatic carbocycles. The number of hydroxylamine groups is 2. The molecule has 2 unspecified atom stereocenters. The third-order valence-electron chi connectivity index (χ3n) is 3.08. The Kier molecular flexibility index (Phi) is 3.43. The van der Waals surface area contributed by atoms with Crippen LogP contribution in [0, 0.1) is 0 Å². The molecule has 4 heteroatoms. The molecule has 1 aliphatic rings. The monoisotopic (exact) mass is 223 g/mol. The van der Waals surface area contributed by atoms with Gasteiger partial charge >= 0.3 is 0 Å². The van der Waals surface area contributed by atoms with Crippen LogP contribution in [-0.2, 0) is 6.42 Å². The van der Waals surface area contributed by atoms with Crippen molar-refractivity contribution in [1.29, 1.82) is 0 Å². The fourth-order valence-electron chi connectivity index (χ4n) is 2.07. The molecule has 1 aromatic rings. The van der Waals surface area contributed by atoms with E-state index in [0.29, 0.717) is 19.4 Å². The fourth-order valence-corrected chi connectivity index (χ4v) is 2.07. The first-order valence-electron chi connectivity index (χ1n) is 5.47. The van der Waals surface area contributed by atoms with E-state index in [1.807, 2.05) is 24.3 Å². The SMILES string of the molecule is COc1ccc(CC2C(O)CCN2O)cc1. The van der Waals surface area contributed by atoms with Crippen LogP contribution in [0.5, 0.6) is 5.75 Å². The van der Waals surface area contributed by atoms with Crippen LogP contribution >= 0.6 is 0 Å². The standard InChI is InChI=1S/C12H17NO3/c1-16-10-4-2-9(3-5-10)8-11-12(14)6-7-13(11)15/h2-5,11-12,14-15H,6-8H2,1H3. The molecule has 16 heavy (non-hydrogen) atoms. The zero-order valence-electron chi connectivity index (χ0n) is 9.34. The van der Waals surface area contributed by atoms with Crippen LogP contribution in [0.1, 0.15) is 12.0 Å². The van der Waals surface area contributed by atoms with Crippen LogP contribution in [0.3, 0.4) is 0 Å². The van der Waals surface area contributed by atoms with Gasteiger partial charge in [0.15, 0.2) is 0 Å². The Labute approximate surface area is 95.0 Å². The number of hydrogen-bond donors (Lipinski definition) is 2. The van der Waals surface area contributed by atoms with Crippen LogP contribution in [-0.4, -0.2) is 41.2 Å². The summed E-state index contributed by atoms with van der Waals surface area (Å²) in [7, 11) is 1.63. The molecule has 2 rings (SSSR count). The lowest BCUT2D eigenvalue weighted by atomic mass is 10.0. The Morgan fingerprint density at radius 3 is 2.56 bits per heavy atom. The molecule has 1 aliphatic heterocycles. The van der Waals surface area contributed by atoms with Gasteiger partial charge in [-0.3, -0.25) is 0 Å². The van der Waals surface area contributed by atoms with E-state index in [2.05, 4.69) is 0 Å². The molecule has 0 radical (unpaired) electrons. The molecule has 0 amide bonds. The van der Waals surface area contributed by atoms with Crippen molar-refractivity contribution in [2.45, 2.75) is 25.0 Å². The molecule has 0 saturated carbocycles. The number of rotatable bonds is 3. The molecule has 0 spiro atoms. The summed E-state index contributed by atoms with van der Waals surface area (Å²) in [6, 6.07) is 7.50. The van der Waals surface area contributed by atoms with Gasteiger partial charge in [-0.05, 0) is 30.5 Å². The average molecular weight is 223 g/mol. The highest BCUT2D eigenvalue weighted by molar-refractivity contribution is 5.27. The highest BCUT2D eigenvalue weighted by Gasteiger charge is 2.31. The van der Waals surface area contributed by atoms with Gasteiger partial charge in [0.25, 0.3) is 0 Å². The first-order valence-corrected chi connectivity index (χ1v) is 5.47. The highest BCUT2D eigenvalue weighted by Crippen LogP contribution is 2.21. The zero-order valence-corrected chi connectivity index (χ0v) is 9.34. The van der Waals surface area contributed by atoms with Gasteiger partial charge in [0.1, 0.15) is 5.75 Å². The van der Waals surface area contributed by atoms with Crippen molar-refractivity contribution in [2.75, 3.05) is 13.7 Å². The molecular weight excluding hydrogens is 206 g/mol. The second kappa shape index (κ2) is 4.82. The van der Waals surface area contributed by atoms with Gasteiger partial charge in [-0.15, -0.1) is 0 Å². The summed E-state index contributed by atoms with van der Waals surface area (Å²) < 4.78 is 5.07. The largest absolute Gasteiger partial charge is 0.497 e. The van der Waals surface area contributed by atoms with E-state index < -0.39 is 6.10 Å². The van der Waals surface area contributed by atoms with E-state index in [1.54, 1.807) is 7.11 Å². The maximum absolute atomic E-state index is 9.70. The molecule has 0 aromatic heterocycles. The molecule has 88 valence electrons. The fraction of sp³-hybridized carbons (Fsp3) is 0.500. The Bertz CT molecular complexity index is 329. The molecular formula is C12H17NO3. The summed E-state index contributed by atoms with van der Waals surface area (Å²) in [5.41, 5.74) is 1.09. The third-order valence-corrected chi connectivity index (χ3v) is 3.08. The predicted molar refractivity (Wildman–Crippen MR) is 59.6 cm³/mol. The van der Waals surface area contributed by atoms with Crippen molar-refractivity contribution in [3.63, 3.8) is 0 Å². The summed E-state index contributed by atoms with van der Waals surface area (Å²) in [4.78, 5) is 0. The van der Waals surface area contributed by atoms with Crippen LogP contribution in [0.15, 0.2) is 24.3 Å². The number of benzene rings is 1. The molecule has 2 N–H and O–H groups in total. The van der Waals surface area contributed by atoms with Gasteiger partial charge in [0.05, 0.1) is 19.3 Å². The van der Waals surface area contributed by atoms with Crippen molar-refractivity contribution < 1.29 is 15.1 Å². The second-order valence-electron chi connectivity index (χ2n) is 4.14. The Morgan fingerprint density at radius 2 is 2.06 bits per heavy atom. The quantitative estimate of drug-likeness (QED) is 0.804. The minimum atomic E-state index is -0.438. The van der Waals surface area contributed by atoms with Crippen molar-refractivity contribution in [3.8, 4) is 5.75 Å². The second-order valence-corrected chi connectivity index (χ2v) is 4.14. The number of ether oxygens (including phenoxy) is 1. The van der Waals surface area contributed by atoms with Gasteiger partial charge in [-0.2, -0.15) is 5.06 Å². The number of aliphatic hydroxyl groups excluding tert-OH is 1. The summed E-state index contributed by atoms with van der Waals surface area (Å²) >= 11 is 0. The summed E-state index contributed by atoms with van der Waals surface area (Å²) in [5, 5.41) is 20.5. The van der Waals surface area contributed by atoms with Crippen LogP contribution in [0.25, 0.3) is 0 Å². The maximum atomic E-state index is 9.70. The number of hydrogen-bond acceptors (Lipinski definition) is 4. The lowest BCUT2D eigenvalue weighted by Gasteiger charge is -2.20. The molecule has 1 fully saturated rings. The maximum Gasteiger partial charge on any atom is 0.118 e. The van der Waals surface area contributed by atoms with Crippen molar-refractivity contribution in [1.82, 2.24) is 5.06 Å². The van der Waals surface area contributed by atoms with Crippen molar-refractivity contribution >= 4 is 0 Å². The van der Waals surface area contributed by atoms with Gasteiger partial charge in [0, 0.05) is 6.54 Å². The molecule has 4 nitrogen and oxygen atoms in total. The van der Waals surface area contributed by atoms with E-state index in [1.165, 1.54) is 5.06 Å². The van der Waals surface area contributed by atoms with E-state index in [-0.39, 0.29) is 6.04 Å². The molecule has 1 heterocycles. The van der Waals surface area contributed by atoms with Crippen molar-refractivity contribution in [2.24, 2.45) is 0 Å². The van der Waals surface area contributed by atoms with Gasteiger partial charge < -0.3 is 15.1 Å². The summed E-state index contributed by atoms with van der Waals surface area (Å²) in [6.07, 6.45) is 0.853. The van der Waals surface area contributed by atoms with Crippen LogP contribution in [0.2, 0.25) is 0 Å². The van der Waals surface area contributed by atoms with Crippen LogP contribution in [0.4, 0.5) is 0 Å². The number of methoxy groups -OCH3 is 1. The first-order chi connectivity index (χ1) is 7.70. The summed E-state index contributed by atoms with van der Waals surface area (Å²) in [6.45, 7) is 0.544. The number of aliphatic hydroxyl groups is 1. The van der Waals surface area contributed by atoms with E-state index in [4.69, 9.17) is 4.74 Å². The Balaban J connectivity index is 2.02. The molecule has 1 saturated heterocycles. The minimum absolute atomic E-state index is 0.187. The topological polar surface area (TPSA) is 52.9 Å². The van der Waals surface area contributed by atoms with Gasteiger partial charge in [-0.1, -0.05) is 12.1 Å². The highest BCUT2D eigenvalue weighted by atomic mass is 16.5. The van der Waals surface area contributed by atoms with E-state index in [0.717, 1.165) is 11.3 Å². The predicted octanol–water partition coefficient (Wildman–Crippen LogP) is 1.06. The lowest BCUT2D eigenvalue weighted by molar-refractivity contribution is -0.115. The Hall–Kier alpha value is -1.10.